The van der Waals surface area contributed by atoms with Gasteiger partial charge < -0.3 is 25.0 Å². The Labute approximate surface area is 190 Å². The molecule has 0 heterocycles. The Bertz CT molecular complexity index is 982. The van der Waals surface area contributed by atoms with Gasteiger partial charge in [0.2, 0.25) is 11.8 Å². The van der Waals surface area contributed by atoms with Gasteiger partial charge in [-0.05, 0) is 37.3 Å². The third-order valence-electron chi connectivity index (χ3n) is 4.38. The lowest BCUT2D eigenvalue weighted by molar-refractivity contribution is -0.115. The number of rotatable bonds is 9. The quantitative estimate of drug-likeness (QED) is 0.593. The van der Waals surface area contributed by atoms with E-state index in [0.29, 0.717) is 17.2 Å². The second kappa shape index (κ2) is 11.4. The number of thioether (sulfide) groups is 1. The first kappa shape index (κ1) is 25.0. The zero-order valence-electron chi connectivity index (χ0n) is 18.5. The molecule has 172 valence electrons. The van der Waals surface area contributed by atoms with Gasteiger partial charge in [0, 0.05) is 25.8 Å². The number of anilines is 2. The minimum absolute atomic E-state index is 0.0153. The number of hydrogen-bond donors (Lipinski definition) is 2. The van der Waals surface area contributed by atoms with E-state index >= 15 is 0 Å². The van der Waals surface area contributed by atoms with Gasteiger partial charge in [-0.2, -0.15) is 0 Å². The van der Waals surface area contributed by atoms with Crippen molar-refractivity contribution < 1.29 is 28.2 Å². The van der Waals surface area contributed by atoms with E-state index in [2.05, 4.69) is 10.6 Å². The van der Waals surface area contributed by atoms with E-state index in [-0.39, 0.29) is 34.7 Å². The molecule has 1 atom stereocenters. The van der Waals surface area contributed by atoms with Gasteiger partial charge in [0.1, 0.15) is 5.82 Å². The van der Waals surface area contributed by atoms with E-state index in [0.717, 1.165) is 11.8 Å². The maximum atomic E-state index is 13.0. The van der Waals surface area contributed by atoms with Crippen LogP contribution in [0.15, 0.2) is 36.4 Å². The van der Waals surface area contributed by atoms with Gasteiger partial charge in [0.25, 0.3) is 5.91 Å². The summed E-state index contributed by atoms with van der Waals surface area (Å²) in [7, 11) is 6.11. The lowest BCUT2D eigenvalue weighted by Gasteiger charge is -2.19. The Morgan fingerprint density at radius 1 is 1.03 bits per heavy atom. The number of nitrogens with one attached hydrogen (secondary N) is 2. The van der Waals surface area contributed by atoms with Crippen LogP contribution in [0.1, 0.15) is 17.3 Å². The standard InChI is InChI=1S/C22H26FN3O5S/c1-13(32-12-20(27)24-15-8-6-14(23)7-9-15)21(28)25-17-11-19(31-5)18(30-4)10-16(17)22(29)26(2)3/h6-11,13H,12H2,1-5H3,(H,24,27)(H,25,28). The van der Waals surface area contributed by atoms with Crippen molar-refractivity contribution in [3.63, 3.8) is 0 Å². The van der Waals surface area contributed by atoms with Crippen LogP contribution in [0.4, 0.5) is 15.8 Å². The van der Waals surface area contributed by atoms with Crippen LogP contribution in [-0.2, 0) is 9.59 Å². The van der Waals surface area contributed by atoms with E-state index < -0.39 is 11.1 Å². The monoisotopic (exact) mass is 463 g/mol. The molecule has 2 aromatic carbocycles. The Morgan fingerprint density at radius 3 is 2.19 bits per heavy atom. The lowest BCUT2D eigenvalue weighted by atomic mass is 10.1. The molecule has 2 aromatic rings. The molecule has 1 unspecified atom stereocenters. The van der Waals surface area contributed by atoms with E-state index in [9.17, 15) is 18.8 Å². The summed E-state index contributed by atoms with van der Waals surface area (Å²) in [4.78, 5) is 38.8. The number of methoxy groups -OCH3 is 2. The van der Waals surface area contributed by atoms with Gasteiger partial charge in [-0.3, -0.25) is 14.4 Å². The van der Waals surface area contributed by atoms with E-state index in [1.54, 1.807) is 21.0 Å². The number of benzene rings is 2. The number of amides is 3. The molecule has 0 aromatic heterocycles. The number of halogens is 1. The van der Waals surface area contributed by atoms with Crippen molar-refractivity contribution in [2.24, 2.45) is 0 Å². The summed E-state index contributed by atoms with van der Waals surface area (Å²) < 4.78 is 23.5. The average Bonchev–Trinajstić information content (AvgIpc) is 2.77. The highest BCUT2D eigenvalue weighted by Gasteiger charge is 2.22. The first-order chi connectivity index (χ1) is 15.2. The zero-order valence-corrected chi connectivity index (χ0v) is 19.3. The van der Waals surface area contributed by atoms with Crippen molar-refractivity contribution in [2.75, 3.05) is 44.7 Å². The zero-order chi connectivity index (χ0) is 23.8. The Morgan fingerprint density at radius 2 is 1.62 bits per heavy atom. The van der Waals surface area contributed by atoms with E-state index in [4.69, 9.17) is 9.47 Å². The first-order valence-electron chi connectivity index (χ1n) is 9.61. The Balaban J connectivity index is 2.07. The molecule has 0 aliphatic carbocycles. The third kappa shape index (κ3) is 6.61. The van der Waals surface area contributed by atoms with Gasteiger partial charge in [0.05, 0.1) is 36.5 Å². The van der Waals surface area contributed by atoms with Crippen molar-refractivity contribution in [3.05, 3.63) is 47.8 Å². The van der Waals surface area contributed by atoms with Crippen LogP contribution in [0.3, 0.4) is 0 Å². The number of hydrogen-bond acceptors (Lipinski definition) is 6. The highest BCUT2D eigenvalue weighted by atomic mass is 32.2. The predicted octanol–water partition coefficient (Wildman–Crippen LogP) is 3.24. The highest BCUT2D eigenvalue weighted by molar-refractivity contribution is 8.01. The molecule has 8 nitrogen and oxygen atoms in total. The fraction of sp³-hybridized carbons (Fsp3) is 0.318. The topological polar surface area (TPSA) is 97.0 Å². The number of carbonyl (C=O) groups excluding carboxylic acids is 3. The van der Waals surface area contributed by atoms with Crippen molar-refractivity contribution in [2.45, 2.75) is 12.2 Å². The Hall–Kier alpha value is -3.27. The minimum atomic E-state index is -0.593. The molecule has 10 heteroatoms. The summed E-state index contributed by atoms with van der Waals surface area (Å²) in [6.07, 6.45) is 0. The van der Waals surface area contributed by atoms with Crippen LogP contribution in [-0.4, -0.2) is 61.9 Å². The molecule has 0 aliphatic rings. The Kier molecular flexibility index (Phi) is 8.89. The summed E-state index contributed by atoms with van der Waals surface area (Å²) >= 11 is 1.12. The molecular formula is C22H26FN3O5S. The third-order valence-corrected chi connectivity index (χ3v) is 5.52. The van der Waals surface area contributed by atoms with E-state index in [1.165, 1.54) is 55.5 Å². The second-order valence-corrected chi connectivity index (χ2v) is 8.28. The first-order valence-corrected chi connectivity index (χ1v) is 10.7. The smallest absolute Gasteiger partial charge is 0.255 e. The lowest BCUT2D eigenvalue weighted by Crippen LogP contribution is -2.28. The molecule has 0 fully saturated rings. The SMILES string of the molecule is COc1cc(NC(=O)C(C)SCC(=O)Nc2ccc(F)cc2)c(C(=O)N(C)C)cc1OC. The molecular weight excluding hydrogens is 437 g/mol. The fourth-order valence-corrected chi connectivity index (χ4v) is 3.33. The van der Waals surface area contributed by atoms with Gasteiger partial charge in [-0.15, -0.1) is 11.8 Å². The van der Waals surface area contributed by atoms with Gasteiger partial charge in [0.15, 0.2) is 11.5 Å². The summed E-state index contributed by atoms with van der Waals surface area (Å²) in [6, 6.07) is 8.42. The van der Waals surface area contributed by atoms with Crippen LogP contribution in [0, 0.1) is 5.82 Å². The molecule has 2 rings (SSSR count). The van der Waals surface area contributed by atoms with Gasteiger partial charge >= 0.3 is 0 Å². The maximum Gasteiger partial charge on any atom is 0.255 e. The largest absolute Gasteiger partial charge is 0.493 e. The van der Waals surface area contributed by atoms with Gasteiger partial charge in [-0.25, -0.2) is 4.39 Å². The van der Waals surface area contributed by atoms with Crippen LogP contribution < -0.4 is 20.1 Å². The second-order valence-electron chi connectivity index (χ2n) is 6.95. The van der Waals surface area contributed by atoms with Crippen molar-refractivity contribution in [3.8, 4) is 11.5 Å². The molecule has 0 bridgehead atoms. The van der Waals surface area contributed by atoms with E-state index in [1.807, 2.05) is 0 Å². The normalized spacial score (nSPS) is 11.3. The molecule has 0 spiro atoms. The number of carbonyl (C=O) groups is 3. The summed E-state index contributed by atoms with van der Waals surface area (Å²) in [6.45, 7) is 1.65. The molecule has 0 saturated heterocycles. The van der Waals surface area contributed by atoms with Crippen LogP contribution in [0.5, 0.6) is 11.5 Å². The van der Waals surface area contributed by atoms with Crippen LogP contribution in [0.25, 0.3) is 0 Å². The molecule has 2 N–H and O–H groups in total. The molecule has 0 saturated carbocycles. The fourth-order valence-electron chi connectivity index (χ4n) is 2.64. The van der Waals surface area contributed by atoms with Crippen molar-refractivity contribution in [1.29, 1.82) is 0 Å². The van der Waals surface area contributed by atoms with Crippen LogP contribution >= 0.6 is 11.8 Å². The highest BCUT2D eigenvalue weighted by Crippen LogP contribution is 2.34. The van der Waals surface area contributed by atoms with Crippen molar-refractivity contribution in [1.82, 2.24) is 4.90 Å². The maximum absolute atomic E-state index is 13.0. The molecule has 3 amide bonds. The van der Waals surface area contributed by atoms with Crippen molar-refractivity contribution >= 4 is 40.9 Å². The summed E-state index contributed by atoms with van der Waals surface area (Å²) in [5.74, 6) is -0.695. The van der Waals surface area contributed by atoms with Crippen LogP contribution in [0.2, 0.25) is 0 Å². The molecule has 32 heavy (non-hydrogen) atoms. The molecule has 0 radical (unpaired) electrons. The minimum Gasteiger partial charge on any atom is -0.493 e. The number of nitrogens with zero attached hydrogens (tertiary/aromatic N) is 1. The number of ether oxygens (including phenoxy) is 2. The summed E-state index contributed by atoms with van der Waals surface area (Å²) in [5, 5.41) is 4.78. The van der Waals surface area contributed by atoms with Gasteiger partial charge in [-0.1, -0.05) is 0 Å². The summed E-state index contributed by atoms with van der Waals surface area (Å²) in [5.41, 5.74) is 0.980. The average molecular weight is 464 g/mol. The predicted molar refractivity (Wildman–Crippen MR) is 123 cm³/mol. The molecule has 0 aliphatic heterocycles.